The third kappa shape index (κ3) is 4.71. The third-order valence-electron chi connectivity index (χ3n) is 3.48. The molecule has 2 aromatic carbocycles. The van der Waals surface area contributed by atoms with Crippen molar-refractivity contribution in [3.8, 4) is 6.07 Å². The fraction of sp³-hybridized carbons (Fsp3) is 0.118. The van der Waals surface area contributed by atoms with Crippen LogP contribution in [0.3, 0.4) is 0 Å². The number of nitriles is 1. The van der Waals surface area contributed by atoms with E-state index in [1.807, 2.05) is 6.07 Å². The first kappa shape index (κ1) is 19.7. The fourth-order valence-electron chi connectivity index (χ4n) is 2.04. The topological polar surface area (TPSA) is 148 Å². The van der Waals surface area contributed by atoms with E-state index in [0.717, 1.165) is 12.1 Å². The minimum Gasteiger partial charge on any atom is -0.449 e. The van der Waals surface area contributed by atoms with Gasteiger partial charge in [-0.15, -0.1) is 0 Å². The van der Waals surface area contributed by atoms with Crippen LogP contribution in [0.25, 0.3) is 0 Å². The van der Waals surface area contributed by atoms with E-state index in [9.17, 15) is 19.7 Å². The number of non-ortho nitro benzene ring substituents is 1. The van der Waals surface area contributed by atoms with Crippen molar-refractivity contribution in [2.24, 2.45) is 0 Å². The van der Waals surface area contributed by atoms with E-state index in [1.54, 1.807) is 0 Å². The van der Waals surface area contributed by atoms with Gasteiger partial charge in [0, 0.05) is 23.5 Å². The zero-order chi connectivity index (χ0) is 20.1. The standard InChI is InChI=1S/C17H13ClN4O5/c1-9(16(23)21-11-3-2-10(8-19)14(18)6-11)27-17(24)13-7-12(22(25)26)4-5-15(13)20/h2-7,9H,20H2,1H3,(H,21,23). The molecule has 0 spiro atoms. The number of nitrogen functional groups attached to an aromatic ring is 1. The Hall–Kier alpha value is -3.64. The van der Waals surface area contributed by atoms with Gasteiger partial charge in [-0.05, 0) is 31.2 Å². The van der Waals surface area contributed by atoms with Crippen LogP contribution >= 0.6 is 11.6 Å². The van der Waals surface area contributed by atoms with Gasteiger partial charge in [0.1, 0.15) is 6.07 Å². The third-order valence-corrected chi connectivity index (χ3v) is 3.79. The number of amides is 1. The van der Waals surface area contributed by atoms with Crippen LogP contribution in [-0.2, 0) is 9.53 Å². The highest BCUT2D eigenvalue weighted by Crippen LogP contribution is 2.22. The molecule has 10 heteroatoms. The number of ether oxygens (including phenoxy) is 1. The normalized spacial score (nSPS) is 11.1. The quantitative estimate of drug-likeness (QED) is 0.346. The maximum absolute atomic E-state index is 12.2. The Morgan fingerprint density at radius 1 is 1.33 bits per heavy atom. The molecule has 0 aromatic heterocycles. The van der Waals surface area contributed by atoms with Crippen molar-refractivity contribution >= 4 is 40.5 Å². The number of nitro groups is 1. The number of nitrogens with zero attached hydrogens (tertiary/aromatic N) is 2. The molecule has 1 unspecified atom stereocenters. The number of nitrogens with two attached hydrogens (primary N) is 1. The molecule has 0 radical (unpaired) electrons. The molecule has 2 aromatic rings. The summed E-state index contributed by atoms with van der Waals surface area (Å²) in [6.45, 7) is 1.33. The number of nitro benzene ring substituents is 1. The predicted molar refractivity (Wildman–Crippen MR) is 97.2 cm³/mol. The van der Waals surface area contributed by atoms with Gasteiger partial charge in [0.25, 0.3) is 11.6 Å². The Bertz CT molecular complexity index is 970. The number of hydrogen-bond donors (Lipinski definition) is 2. The molecule has 9 nitrogen and oxygen atoms in total. The first-order chi connectivity index (χ1) is 12.7. The highest BCUT2D eigenvalue weighted by molar-refractivity contribution is 6.32. The van der Waals surface area contributed by atoms with Gasteiger partial charge in [-0.25, -0.2) is 4.79 Å². The summed E-state index contributed by atoms with van der Waals surface area (Å²) in [4.78, 5) is 34.5. The molecule has 0 saturated carbocycles. The van der Waals surface area contributed by atoms with Gasteiger partial charge in [0.15, 0.2) is 6.10 Å². The molecule has 138 valence electrons. The van der Waals surface area contributed by atoms with Crippen LogP contribution in [0.2, 0.25) is 5.02 Å². The lowest BCUT2D eigenvalue weighted by molar-refractivity contribution is -0.384. The van der Waals surface area contributed by atoms with Crippen molar-refractivity contribution in [1.82, 2.24) is 0 Å². The molecule has 0 saturated heterocycles. The second-order valence-electron chi connectivity index (χ2n) is 5.37. The second-order valence-corrected chi connectivity index (χ2v) is 5.78. The van der Waals surface area contributed by atoms with E-state index in [0.29, 0.717) is 5.69 Å². The number of benzene rings is 2. The first-order valence-corrected chi connectivity index (χ1v) is 7.86. The fourth-order valence-corrected chi connectivity index (χ4v) is 2.26. The van der Waals surface area contributed by atoms with E-state index in [4.69, 9.17) is 27.3 Å². The molecule has 27 heavy (non-hydrogen) atoms. The van der Waals surface area contributed by atoms with Crippen molar-refractivity contribution in [2.45, 2.75) is 13.0 Å². The molecule has 2 rings (SSSR count). The van der Waals surface area contributed by atoms with Gasteiger partial charge in [0.2, 0.25) is 0 Å². The Kier molecular flexibility index (Phi) is 5.95. The molecule has 0 fully saturated rings. The van der Waals surface area contributed by atoms with Crippen molar-refractivity contribution in [3.63, 3.8) is 0 Å². The maximum atomic E-state index is 12.2. The van der Waals surface area contributed by atoms with Crippen molar-refractivity contribution < 1.29 is 19.2 Å². The van der Waals surface area contributed by atoms with Crippen LogP contribution in [0.4, 0.5) is 17.1 Å². The van der Waals surface area contributed by atoms with Crippen molar-refractivity contribution in [2.75, 3.05) is 11.1 Å². The molecule has 0 bridgehead atoms. The summed E-state index contributed by atoms with van der Waals surface area (Å²) in [7, 11) is 0. The molecule has 0 aliphatic carbocycles. The van der Waals surface area contributed by atoms with Crippen LogP contribution in [0.5, 0.6) is 0 Å². The smallest absolute Gasteiger partial charge is 0.341 e. The molecule has 3 N–H and O–H groups in total. The lowest BCUT2D eigenvalue weighted by atomic mass is 10.1. The molecule has 0 aliphatic heterocycles. The van der Waals surface area contributed by atoms with Crippen LogP contribution in [0, 0.1) is 21.4 Å². The number of hydrogen-bond acceptors (Lipinski definition) is 7. The molecule has 1 amide bonds. The Morgan fingerprint density at radius 3 is 2.63 bits per heavy atom. The minimum absolute atomic E-state index is 0.0166. The van der Waals surface area contributed by atoms with Gasteiger partial charge >= 0.3 is 5.97 Å². The van der Waals surface area contributed by atoms with Crippen LogP contribution in [0.15, 0.2) is 36.4 Å². The van der Waals surface area contributed by atoms with Gasteiger partial charge in [-0.3, -0.25) is 14.9 Å². The van der Waals surface area contributed by atoms with E-state index in [2.05, 4.69) is 5.32 Å². The summed E-state index contributed by atoms with van der Waals surface area (Å²) in [6.07, 6.45) is -1.22. The average Bonchev–Trinajstić information content (AvgIpc) is 2.61. The highest BCUT2D eigenvalue weighted by atomic mass is 35.5. The molecular weight excluding hydrogens is 376 g/mol. The summed E-state index contributed by atoms with van der Waals surface area (Å²) in [5.74, 6) is -1.63. The Morgan fingerprint density at radius 2 is 2.04 bits per heavy atom. The Labute approximate surface area is 158 Å². The number of nitrogens with one attached hydrogen (secondary N) is 1. The largest absolute Gasteiger partial charge is 0.449 e. The molecular formula is C17H13ClN4O5. The lowest BCUT2D eigenvalue weighted by Crippen LogP contribution is -2.30. The highest BCUT2D eigenvalue weighted by Gasteiger charge is 2.22. The van der Waals surface area contributed by atoms with E-state index in [-0.39, 0.29) is 27.5 Å². The second kappa shape index (κ2) is 8.16. The molecule has 1 atom stereocenters. The van der Waals surface area contributed by atoms with Crippen LogP contribution in [0.1, 0.15) is 22.8 Å². The van der Waals surface area contributed by atoms with Gasteiger partial charge in [-0.1, -0.05) is 11.6 Å². The number of anilines is 2. The van der Waals surface area contributed by atoms with E-state index < -0.39 is 22.9 Å². The number of carbonyl (C=O) groups excluding carboxylic acids is 2. The van der Waals surface area contributed by atoms with Crippen molar-refractivity contribution in [3.05, 3.63) is 62.7 Å². The van der Waals surface area contributed by atoms with Crippen LogP contribution < -0.4 is 11.1 Å². The van der Waals surface area contributed by atoms with Gasteiger partial charge in [0.05, 0.1) is 21.1 Å². The summed E-state index contributed by atoms with van der Waals surface area (Å²) in [5, 5.41) is 22.3. The first-order valence-electron chi connectivity index (χ1n) is 7.48. The minimum atomic E-state index is -1.22. The summed E-state index contributed by atoms with van der Waals surface area (Å²) < 4.78 is 5.02. The van der Waals surface area contributed by atoms with E-state index >= 15 is 0 Å². The number of carbonyl (C=O) groups is 2. The van der Waals surface area contributed by atoms with Gasteiger partial charge < -0.3 is 15.8 Å². The monoisotopic (exact) mass is 388 g/mol. The SMILES string of the molecule is CC(OC(=O)c1cc([N+](=O)[O-])ccc1N)C(=O)Nc1ccc(C#N)c(Cl)c1. The average molecular weight is 389 g/mol. The lowest BCUT2D eigenvalue weighted by Gasteiger charge is -2.14. The van der Waals surface area contributed by atoms with Crippen LogP contribution in [-0.4, -0.2) is 22.9 Å². The zero-order valence-electron chi connectivity index (χ0n) is 13.9. The molecule has 0 heterocycles. The zero-order valence-corrected chi connectivity index (χ0v) is 14.7. The number of halogens is 1. The predicted octanol–water partition coefficient (Wildman–Crippen LogP) is 2.89. The maximum Gasteiger partial charge on any atom is 0.341 e. The number of rotatable bonds is 5. The summed E-state index contributed by atoms with van der Waals surface area (Å²) in [6, 6.07) is 9.49. The van der Waals surface area contributed by atoms with Gasteiger partial charge in [-0.2, -0.15) is 5.26 Å². The molecule has 0 aliphatic rings. The number of esters is 1. The van der Waals surface area contributed by atoms with Crippen molar-refractivity contribution in [1.29, 1.82) is 5.26 Å². The summed E-state index contributed by atoms with van der Waals surface area (Å²) in [5.41, 5.74) is 5.63. The Balaban J connectivity index is 2.09. The summed E-state index contributed by atoms with van der Waals surface area (Å²) >= 11 is 5.89. The van der Waals surface area contributed by atoms with E-state index in [1.165, 1.54) is 31.2 Å².